The highest BCUT2D eigenvalue weighted by Crippen LogP contribution is 2.36. The van der Waals surface area contributed by atoms with Gasteiger partial charge in [-0.25, -0.2) is 9.18 Å². The molecule has 1 atom stereocenters. The van der Waals surface area contributed by atoms with E-state index in [1.807, 2.05) is 6.07 Å². The number of halogens is 1. The smallest absolute Gasteiger partial charge is 0.411 e. The normalized spacial score (nSPS) is 16.0. The second-order valence-corrected chi connectivity index (χ2v) is 8.70. The van der Waals surface area contributed by atoms with Crippen LogP contribution in [0, 0.1) is 17.1 Å². The third-order valence-corrected chi connectivity index (χ3v) is 5.42. The minimum atomic E-state index is -3.90. The van der Waals surface area contributed by atoms with Gasteiger partial charge in [0, 0.05) is 24.2 Å². The zero-order valence-corrected chi connectivity index (χ0v) is 17.2. The van der Waals surface area contributed by atoms with Gasteiger partial charge in [-0.1, -0.05) is 24.3 Å². The van der Waals surface area contributed by atoms with Gasteiger partial charge < -0.3 is 9.64 Å². The number of carbonyl (C=O) groups excluding carboxylic acids is 1. The number of ether oxygens (including phenoxy) is 1. The summed E-state index contributed by atoms with van der Waals surface area (Å²) >= 11 is 0. The third kappa shape index (κ3) is 4.96. The lowest BCUT2D eigenvalue weighted by atomic mass is 9.86. The number of likely N-dealkylation sites (tertiary alicyclic amines) is 1. The summed E-state index contributed by atoms with van der Waals surface area (Å²) < 4.78 is 48.5. The van der Waals surface area contributed by atoms with Gasteiger partial charge in [-0.3, -0.25) is 4.18 Å². The molecule has 2 aromatic carbocycles. The van der Waals surface area contributed by atoms with E-state index in [4.69, 9.17) is 14.2 Å². The second kappa shape index (κ2) is 8.81. The molecule has 0 bridgehead atoms. The second-order valence-electron chi connectivity index (χ2n) is 7.05. The summed E-state index contributed by atoms with van der Waals surface area (Å²) in [5.74, 6) is -0.581. The number of amides is 1. The molecule has 0 saturated carbocycles. The van der Waals surface area contributed by atoms with Crippen LogP contribution < -0.4 is 0 Å². The van der Waals surface area contributed by atoms with Crippen LogP contribution in [0.1, 0.15) is 29.5 Å². The fourth-order valence-electron chi connectivity index (χ4n) is 3.34. The molecular formula is C21H21FN2O5S. The van der Waals surface area contributed by atoms with Crippen LogP contribution in [0.3, 0.4) is 0 Å². The van der Waals surface area contributed by atoms with E-state index in [0.717, 1.165) is 19.1 Å². The Bertz CT molecular complexity index is 1060. The van der Waals surface area contributed by atoms with E-state index in [1.54, 1.807) is 0 Å². The Morgan fingerprint density at radius 1 is 1.17 bits per heavy atom. The van der Waals surface area contributed by atoms with Crippen molar-refractivity contribution < 1.29 is 26.5 Å². The molecule has 9 heteroatoms. The number of rotatable bonds is 6. The summed E-state index contributed by atoms with van der Waals surface area (Å²) in [5, 5.41) is 9.09. The third-order valence-electron chi connectivity index (χ3n) is 4.87. The van der Waals surface area contributed by atoms with Gasteiger partial charge >= 0.3 is 6.09 Å². The maximum absolute atomic E-state index is 14.1. The predicted octanol–water partition coefficient (Wildman–Crippen LogP) is 3.15. The molecule has 30 heavy (non-hydrogen) atoms. The lowest BCUT2D eigenvalue weighted by Gasteiger charge is -2.35. The highest BCUT2D eigenvalue weighted by Gasteiger charge is 2.42. The van der Waals surface area contributed by atoms with Gasteiger partial charge in [0.2, 0.25) is 0 Å². The van der Waals surface area contributed by atoms with Crippen LogP contribution in [-0.4, -0.2) is 45.4 Å². The van der Waals surface area contributed by atoms with Crippen molar-refractivity contribution in [3.63, 3.8) is 0 Å². The van der Waals surface area contributed by atoms with Gasteiger partial charge in [0.1, 0.15) is 12.4 Å². The van der Waals surface area contributed by atoms with Crippen molar-refractivity contribution in [2.24, 2.45) is 0 Å². The Kier molecular flexibility index (Phi) is 6.39. The minimum absolute atomic E-state index is 0.211. The molecule has 1 amide bonds. The molecule has 0 unspecified atom stereocenters. The van der Waals surface area contributed by atoms with Crippen molar-refractivity contribution in [3.8, 4) is 6.07 Å². The van der Waals surface area contributed by atoms with Crippen LogP contribution >= 0.6 is 0 Å². The molecule has 0 N–H and O–H groups in total. The van der Waals surface area contributed by atoms with Crippen LogP contribution in [0.2, 0.25) is 0 Å². The van der Waals surface area contributed by atoms with Crippen molar-refractivity contribution in [2.75, 3.05) is 26.0 Å². The number of hydrogen-bond donors (Lipinski definition) is 0. The van der Waals surface area contributed by atoms with Crippen molar-refractivity contribution in [2.45, 2.75) is 18.4 Å². The lowest BCUT2D eigenvalue weighted by molar-refractivity contribution is -0.0113. The van der Waals surface area contributed by atoms with E-state index < -0.39 is 34.2 Å². The summed E-state index contributed by atoms with van der Waals surface area (Å²) in [6.07, 6.45) is 1.89. The Morgan fingerprint density at radius 2 is 1.83 bits per heavy atom. The standard InChI is InChI=1S/C21H21FN2O5S/c1-30(26,27)28-15-21(18-5-4-6-19(22)13-18,17-9-7-16(14-23)8-10-17)29-20(25)24-11-2-3-12-24/h4-10,13H,2-3,11-12,15H2,1H3/t21-/m1/s1. The van der Waals surface area contributed by atoms with Crippen molar-refractivity contribution >= 4 is 16.2 Å². The van der Waals surface area contributed by atoms with Gasteiger partial charge in [-0.2, -0.15) is 13.7 Å². The van der Waals surface area contributed by atoms with E-state index >= 15 is 0 Å². The monoisotopic (exact) mass is 432 g/mol. The molecule has 7 nitrogen and oxygen atoms in total. The quantitative estimate of drug-likeness (QED) is 0.651. The average Bonchev–Trinajstić information content (AvgIpc) is 3.25. The maximum Gasteiger partial charge on any atom is 0.411 e. The molecule has 0 radical (unpaired) electrons. The molecule has 158 valence electrons. The van der Waals surface area contributed by atoms with Crippen LogP contribution in [-0.2, 0) is 24.6 Å². The Labute approximate surface area is 174 Å². The molecule has 1 aliphatic heterocycles. The fourth-order valence-corrected chi connectivity index (χ4v) is 3.72. The van der Waals surface area contributed by atoms with Crippen LogP contribution in [0.4, 0.5) is 9.18 Å². The van der Waals surface area contributed by atoms with Crippen molar-refractivity contribution in [1.82, 2.24) is 4.90 Å². The largest absolute Gasteiger partial charge is 0.430 e. The molecular weight excluding hydrogens is 411 g/mol. The first-order chi connectivity index (χ1) is 14.2. The molecule has 1 fully saturated rings. The van der Waals surface area contributed by atoms with E-state index in [1.165, 1.54) is 53.4 Å². The maximum atomic E-state index is 14.1. The summed E-state index contributed by atoms with van der Waals surface area (Å²) in [6.45, 7) is 0.442. The molecule has 0 aliphatic carbocycles. The van der Waals surface area contributed by atoms with Gasteiger partial charge in [0.15, 0.2) is 5.60 Å². The summed E-state index contributed by atoms with van der Waals surface area (Å²) in [6, 6.07) is 13.4. The Balaban J connectivity index is 2.14. The number of hydrogen-bond acceptors (Lipinski definition) is 6. The van der Waals surface area contributed by atoms with Gasteiger partial charge in [-0.05, 0) is 37.1 Å². The van der Waals surface area contributed by atoms with Gasteiger partial charge in [0.25, 0.3) is 10.1 Å². The zero-order chi connectivity index (χ0) is 21.8. The Hall–Kier alpha value is -2.96. The highest BCUT2D eigenvalue weighted by atomic mass is 32.2. The topological polar surface area (TPSA) is 96.7 Å². The fraction of sp³-hybridized carbons (Fsp3) is 0.333. The molecule has 3 rings (SSSR count). The molecule has 0 spiro atoms. The molecule has 2 aromatic rings. The van der Waals surface area contributed by atoms with Gasteiger partial charge in [0.05, 0.1) is 17.9 Å². The minimum Gasteiger partial charge on any atom is -0.430 e. The lowest BCUT2D eigenvalue weighted by Crippen LogP contribution is -2.43. The summed E-state index contributed by atoms with van der Waals surface area (Å²) in [5.41, 5.74) is -0.813. The van der Waals surface area contributed by atoms with Crippen LogP contribution in [0.25, 0.3) is 0 Å². The Morgan fingerprint density at radius 3 is 2.40 bits per heavy atom. The number of nitriles is 1. The van der Waals surface area contributed by atoms with E-state index in [-0.39, 0.29) is 5.56 Å². The SMILES string of the molecule is CS(=O)(=O)OC[C@@](OC(=O)N1CCCC1)(c1ccc(C#N)cc1)c1cccc(F)c1. The van der Waals surface area contributed by atoms with Gasteiger partial charge in [-0.15, -0.1) is 0 Å². The number of benzene rings is 2. The zero-order valence-electron chi connectivity index (χ0n) is 16.4. The highest BCUT2D eigenvalue weighted by molar-refractivity contribution is 7.85. The van der Waals surface area contributed by atoms with E-state index in [9.17, 15) is 17.6 Å². The molecule has 1 saturated heterocycles. The van der Waals surface area contributed by atoms with Crippen molar-refractivity contribution in [1.29, 1.82) is 5.26 Å². The van der Waals surface area contributed by atoms with Crippen LogP contribution in [0.5, 0.6) is 0 Å². The molecule has 1 heterocycles. The first-order valence-corrected chi connectivity index (χ1v) is 11.1. The summed E-state index contributed by atoms with van der Waals surface area (Å²) in [4.78, 5) is 14.4. The first-order valence-electron chi connectivity index (χ1n) is 9.32. The molecule has 1 aliphatic rings. The molecule has 0 aromatic heterocycles. The summed E-state index contributed by atoms with van der Waals surface area (Å²) in [7, 11) is -3.90. The van der Waals surface area contributed by atoms with E-state index in [0.29, 0.717) is 24.2 Å². The van der Waals surface area contributed by atoms with Crippen LogP contribution in [0.15, 0.2) is 48.5 Å². The number of nitrogens with zero attached hydrogens (tertiary/aromatic N) is 2. The number of carbonyl (C=O) groups is 1. The van der Waals surface area contributed by atoms with Crippen molar-refractivity contribution in [3.05, 3.63) is 71.0 Å². The first kappa shape index (κ1) is 21.7. The predicted molar refractivity (Wildman–Crippen MR) is 106 cm³/mol. The van der Waals surface area contributed by atoms with E-state index in [2.05, 4.69) is 0 Å². The average molecular weight is 432 g/mol.